The molecule has 0 aliphatic carbocycles. The van der Waals surface area contributed by atoms with Crippen molar-refractivity contribution in [3.63, 3.8) is 0 Å². The number of methoxy groups -OCH3 is 1. The molecule has 0 aromatic heterocycles. The van der Waals surface area contributed by atoms with E-state index in [1.807, 2.05) is 6.92 Å². The van der Waals surface area contributed by atoms with E-state index in [0.717, 1.165) is 0 Å². The van der Waals surface area contributed by atoms with Crippen molar-refractivity contribution >= 4 is 29.4 Å². The van der Waals surface area contributed by atoms with Crippen LogP contribution in [0.5, 0.6) is 17.2 Å². The van der Waals surface area contributed by atoms with E-state index in [1.54, 1.807) is 43.5 Å². The number of anilines is 1. The monoisotopic (exact) mass is 411 g/mol. The largest absolute Gasteiger partial charge is 0.493 e. The van der Waals surface area contributed by atoms with E-state index in [9.17, 15) is 14.4 Å². The highest BCUT2D eigenvalue weighted by molar-refractivity contribution is 6.02. The SMILES string of the molecule is CCOc1cc(/C=C/C(=O)OCC(=O)c2ccc3c(c2)NC(=O)CO3)ccc1OC. The molecule has 0 atom stereocenters. The summed E-state index contributed by atoms with van der Waals surface area (Å²) in [5, 5.41) is 2.63. The fourth-order valence-electron chi connectivity index (χ4n) is 2.75. The molecular formula is C22H21NO7. The third kappa shape index (κ3) is 5.16. The van der Waals surface area contributed by atoms with E-state index < -0.39 is 18.4 Å². The highest BCUT2D eigenvalue weighted by Crippen LogP contribution is 2.29. The van der Waals surface area contributed by atoms with Gasteiger partial charge >= 0.3 is 5.97 Å². The lowest BCUT2D eigenvalue weighted by atomic mass is 10.1. The van der Waals surface area contributed by atoms with Crippen LogP contribution in [0.3, 0.4) is 0 Å². The van der Waals surface area contributed by atoms with Crippen LogP contribution in [0.4, 0.5) is 5.69 Å². The van der Waals surface area contributed by atoms with Crippen molar-refractivity contribution in [3.8, 4) is 17.2 Å². The Kier molecular flexibility index (Phi) is 6.69. The molecule has 0 saturated carbocycles. The minimum Gasteiger partial charge on any atom is -0.493 e. The minimum atomic E-state index is -0.660. The Hall–Kier alpha value is -3.81. The number of ether oxygens (including phenoxy) is 4. The van der Waals surface area contributed by atoms with Crippen LogP contribution in [-0.4, -0.2) is 44.6 Å². The second-order valence-electron chi connectivity index (χ2n) is 6.26. The molecule has 8 heteroatoms. The molecule has 3 rings (SSSR count). The Bertz CT molecular complexity index is 997. The average molecular weight is 411 g/mol. The number of nitrogens with one attached hydrogen (secondary N) is 1. The number of ketones is 1. The summed E-state index contributed by atoms with van der Waals surface area (Å²) in [6, 6.07) is 9.86. The summed E-state index contributed by atoms with van der Waals surface area (Å²) in [6.45, 7) is 1.85. The van der Waals surface area contributed by atoms with Gasteiger partial charge in [0.2, 0.25) is 0 Å². The molecular weight excluding hydrogens is 390 g/mol. The fraction of sp³-hybridized carbons (Fsp3) is 0.227. The molecule has 8 nitrogen and oxygen atoms in total. The van der Waals surface area contributed by atoms with Gasteiger partial charge in [-0.25, -0.2) is 4.79 Å². The van der Waals surface area contributed by atoms with Crippen molar-refractivity contribution in [1.29, 1.82) is 0 Å². The molecule has 1 aliphatic heterocycles. The summed E-state index contributed by atoms with van der Waals surface area (Å²) in [5.74, 6) is 0.281. The molecule has 30 heavy (non-hydrogen) atoms. The van der Waals surface area contributed by atoms with Gasteiger partial charge in [-0.3, -0.25) is 9.59 Å². The number of amides is 1. The van der Waals surface area contributed by atoms with Gasteiger partial charge in [-0.05, 0) is 48.9 Å². The molecule has 2 aromatic rings. The quantitative estimate of drug-likeness (QED) is 0.405. The Morgan fingerprint density at radius 3 is 2.77 bits per heavy atom. The van der Waals surface area contributed by atoms with E-state index in [1.165, 1.54) is 12.1 Å². The molecule has 0 radical (unpaired) electrons. The van der Waals surface area contributed by atoms with Crippen LogP contribution >= 0.6 is 0 Å². The second-order valence-corrected chi connectivity index (χ2v) is 6.26. The Labute approximate surface area is 173 Å². The molecule has 156 valence electrons. The van der Waals surface area contributed by atoms with Gasteiger partial charge in [-0.15, -0.1) is 0 Å². The molecule has 0 saturated heterocycles. The number of esters is 1. The van der Waals surface area contributed by atoms with Gasteiger partial charge in [0.25, 0.3) is 5.91 Å². The van der Waals surface area contributed by atoms with Gasteiger partial charge in [0.1, 0.15) is 5.75 Å². The fourth-order valence-corrected chi connectivity index (χ4v) is 2.75. The Morgan fingerprint density at radius 1 is 1.17 bits per heavy atom. The average Bonchev–Trinajstić information content (AvgIpc) is 2.75. The third-order valence-corrected chi connectivity index (χ3v) is 4.18. The zero-order valence-corrected chi connectivity index (χ0v) is 16.6. The first-order valence-electron chi connectivity index (χ1n) is 9.25. The van der Waals surface area contributed by atoms with Crippen molar-refractivity contribution in [1.82, 2.24) is 0 Å². The second kappa shape index (κ2) is 9.60. The van der Waals surface area contributed by atoms with Crippen LogP contribution in [0.15, 0.2) is 42.5 Å². The summed E-state index contributed by atoms with van der Waals surface area (Å²) in [5.41, 5.74) is 1.42. The normalized spacial score (nSPS) is 12.5. The summed E-state index contributed by atoms with van der Waals surface area (Å²) in [4.78, 5) is 35.7. The smallest absolute Gasteiger partial charge is 0.331 e. The minimum absolute atomic E-state index is 0.0650. The first-order valence-corrected chi connectivity index (χ1v) is 9.25. The highest BCUT2D eigenvalue weighted by atomic mass is 16.5. The first kappa shape index (κ1) is 20.9. The molecule has 1 heterocycles. The maximum absolute atomic E-state index is 12.3. The Morgan fingerprint density at radius 2 is 2.00 bits per heavy atom. The van der Waals surface area contributed by atoms with E-state index in [4.69, 9.17) is 18.9 Å². The number of hydrogen-bond acceptors (Lipinski definition) is 7. The summed E-state index contributed by atoms with van der Waals surface area (Å²) in [7, 11) is 1.55. The van der Waals surface area contributed by atoms with Crippen molar-refractivity contribution in [2.75, 3.05) is 32.2 Å². The van der Waals surface area contributed by atoms with Crippen LogP contribution in [-0.2, 0) is 14.3 Å². The third-order valence-electron chi connectivity index (χ3n) is 4.18. The van der Waals surface area contributed by atoms with Crippen LogP contribution in [0.1, 0.15) is 22.8 Å². The van der Waals surface area contributed by atoms with E-state index in [0.29, 0.717) is 40.7 Å². The van der Waals surface area contributed by atoms with E-state index >= 15 is 0 Å². The highest BCUT2D eigenvalue weighted by Gasteiger charge is 2.18. The number of carbonyl (C=O) groups is 3. The molecule has 0 fully saturated rings. The maximum Gasteiger partial charge on any atom is 0.331 e. The lowest BCUT2D eigenvalue weighted by Gasteiger charge is -2.18. The number of Topliss-reactive ketones (excluding diaryl/α,β-unsaturated/α-hetero) is 1. The number of rotatable bonds is 8. The lowest BCUT2D eigenvalue weighted by Crippen LogP contribution is -2.25. The molecule has 1 aliphatic rings. The molecule has 0 bridgehead atoms. The van der Waals surface area contributed by atoms with E-state index in [-0.39, 0.29) is 12.5 Å². The maximum atomic E-state index is 12.3. The van der Waals surface area contributed by atoms with Gasteiger partial charge in [0, 0.05) is 11.6 Å². The standard InChI is InChI=1S/C22H21NO7/c1-3-28-20-10-14(4-7-19(20)27-2)5-9-22(26)30-12-17(24)15-6-8-18-16(11-15)23-21(25)13-29-18/h4-11H,3,12-13H2,1-2H3,(H,23,25)/b9-5+. The topological polar surface area (TPSA) is 100 Å². The molecule has 2 aromatic carbocycles. The van der Waals surface area contributed by atoms with Crippen LogP contribution < -0.4 is 19.5 Å². The van der Waals surface area contributed by atoms with Crippen molar-refractivity contribution in [2.24, 2.45) is 0 Å². The molecule has 1 amide bonds. The van der Waals surface area contributed by atoms with Crippen LogP contribution in [0.25, 0.3) is 6.08 Å². The van der Waals surface area contributed by atoms with Crippen LogP contribution in [0, 0.1) is 0 Å². The van der Waals surface area contributed by atoms with Gasteiger partial charge in [-0.2, -0.15) is 0 Å². The predicted octanol–water partition coefficient (Wildman–Crippen LogP) is 2.86. The van der Waals surface area contributed by atoms with Gasteiger partial charge in [0.05, 0.1) is 19.4 Å². The summed E-state index contributed by atoms with van der Waals surface area (Å²) < 4.78 is 21.0. The zero-order valence-electron chi connectivity index (χ0n) is 16.6. The van der Waals surface area contributed by atoms with Gasteiger partial charge in [-0.1, -0.05) is 6.07 Å². The number of carbonyl (C=O) groups excluding carboxylic acids is 3. The lowest BCUT2D eigenvalue weighted by molar-refractivity contribution is -0.136. The Balaban J connectivity index is 1.58. The van der Waals surface area contributed by atoms with Crippen molar-refractivity contribution in [2.45, 2.75) is 6.92 Å². The van der Waals surface area contributed by atoms with Crippen molar-refractivity contribution in [3.05, 3.63) is 53.6 Å². The molecule has 1 N–H and O–H groups in total. The predicted molar refractivity (Wildman–Crippen MR) is 109 cm³/mol. The first-order chi connectivity index (χ1) is 14.5. The zero-order chi connectivity index (χ0) is 21.5. The van der Waals surface area contributed by atoms with E-state index in [2.05, 4.69) is 5.32 Å². The number of fused-ring (bicyclic) bond motifs is 1. The molecule has 0 spiro atoms. The van der Waals surface area contributed by atoms with Crippen molar-refractivity contribution < 1.29 is 33.3 Å². The van der Waals surface area contributed by atoms with Gasteiger partial charge in [0.15, 0.2) is 30.5 Å². The summed E-state index contributed by atoms with van der Waals surface area (Å²) in [6.07, 6.45) is 2.78. The number of benzene rings is 2. The molecule has 0 unspecified atom stereocenters. The number of hydrogen-bond donors (Lipinski definition) is 1. The summed E-state index contributed by atoms with van der Waals surface area (Å²) >= 11 is 0. The van der Waals surface area contributed by atoms with Crippen LogP contribution in [0.2, 0.25) is 0 Å². The van der Waals surface area contributed by atoms with Gasteiger partial charge < -0.3 is 24.3 Å².